The largest absolute Gasteiger partial charge is 0.398 e. The first kappa shape index (κ1) is 12.4. The van der Waals surface area contributed by atoms with Crippen molar-refractivity contribution in [3.8, 4) is 0 Å². The van der Waals surface area contributed by atoms with Gasteiger partial charge in [-0.1, -0.05) is 30.3 Å². The smallest absolute Gasteiger partial charge is 0.146 e. The van der Waals surface area contributed by atoms with Crippen LogP contribution >= 0.6 is 0 Å². The zero-order valence-corrected chi connectivity index (χ0v) is 10.4. The first-order chi connectivity index (χ1) is 8.72. The lowest BCUT2D eigenvalue weighted by molar-refractivity contribution is 0.618. The van der Waals surface area contributed by atoms with E-state index in [1.807, 2.05) is 42.2 Å². The van der Waals surface area contributed by atoms with E-state index in [0.29, 0.717) is 12.2 Å². The zero-order valence-electron chi connectivity index (χ0n) is 10.4. The van der Waals surface area contributed by atoms with Gasteiger partial charge in [0.2, 0.25) is 0 Å². The highest BCUT2D eigenvalue weighted by Crippen LogP contribution is 2.22. The minimum absolute atomic E-state index is 0.200. The molecule has 0 unspecified atom stereocenters. The molecule has 18 heavy (non-hydrogen) atoms. The molecule has 2 aromatic rings. The molecule has 2 nitrogen and oxygen atoms in total. The molecule has 0 aromatic heterocycles. The Morgan fingerprint density at radius 1 is 1.06 bits per heavy atom. The van der Waals surface area contributed by atoms with Crippen molar-refractivity contribution in [3.05, 3.63) is 59.9 Å². The molecule has 0 aliphatic carbocycles. The molecule has 0 atom stereocenters. The van der Waals surface area contributed by atoms with Crippen molar-refractivity contribution in [2.24, 2.45) is 0 Å². The normalized spacial score (nSPS) is 10.3. The summed E-state index contributed by atoms with van der Waals surface area (Å²) in [6.07, 6.45) is 0. The summed E-state index contributed by atoms with van der Waals surface area (Å²) in [4.78, 5) is 1.97. The lowest BCUT2D eigenvalue weighted by Crippen LogP contribution is -2.23. The average Bonchev–Trinajstić information content (AvgIpc) is 2.39. The minimum atomic E-state index is -0.200. The lowest BCUT2D eigenvalue weighted by Gasteiger charge is -2.24. The number of benzene rings is 2. The first-order valence-corrected chi connectivity index (χ1v) is 6.05. The molecule has 0 fully saturated rings. The molecule has 0 spiro atoms. The molecule has 2 aromatic carbocycles. The third-order valence-corrected chi connectivity index (χ3v) is 2.99. The summed E-state index contributed by atoms with van der Waals surface area (Å²) in [5.41, 5.74) is 8.29. The number of nitrogens with zero attached hydrogens (tertiary/aromatic N) is 1. The molecule has 0 amide bonds. The van der Waals surface area contributed by atoms with Crippen LogP contribution < -0.4 is 10.6 Å². The molecule has 2 N–H and O–H groups in total. The van der Waals surface area contributed by atoms with E-state index in [9.17, 15) is 4.39 Å². The highest BCUT2D eigenvalue weighted by molar-refractivity contribution is 5.52. The molecular formula is C15H17FN2. The maximum atomic E-state index is 13.8. The number of para-hydroxylation sites is 2. The first-order valence-electron chi connectivity index (χ1n) is 6.05. The summed E-state index contributed by atoms with van der Waals surface area (Å²) < 4.78 is 13.8. The van der Waals surface area contributed by atoms with Crippen LogP contribution in [-0.2, 0) is 6.54 Å². The zero-order chi connectivity index (χ0) is 13.0. The van der Waals surface area contributed by atoms with Crippen molar-refractivity contribution in [3.63, 3.8) is 0 Å². The maximum Gasteiger partial charge on any atom is 0.146 e. The van der Waals surface area contributed by atoms with Gasteiger partial charge >= 0.3 is 0 Å². The molecule has 94 valence electrons. The highest BCUT2D eigenvalue weighted by Gasteiger charge is 2.10. The fourth-order valence-electron chi connectivity index (χ4n) is 1.96. The predicted octanol–water partition coefficient (Wildman–Crippen LogP) is 3.43. The van der Waals surface area contributed by atoms with E-state index in [1.165, 1.54) is 6.07 Å². The summed E-state index contributed by atoms with van der Waals surface area (Å²) >= 11 is 0. The third kappa shape index (κ3) is 2.62. The van der Waals surface area contributed by atoms with Crippen LogP contribution in [0.5, 0.6) is 0 Å². The fraction of sp³-hybridized carbons (Fsp3) is 0.200. The number of nitrogen functional groups attached to an aromatic ring is 1. The van der Waals surface area contributed by atoms with Crippen molar-refractivity contribution >= 4 is 11.4 Å². The Morgan fingerprint density at radius 3 is 2.39 bits per heavy atom. The summed E-state index contributed by atoms with van der Waals surface area (Å²) in [5.74, 6) is -0.200. The minimum Gasteiger partial charge on any atom is -0.398 e. The fourth-order valence-corrected chi connectivity index (χ4v) is 1.96. The molecular weight excluding hydrogens is 227 g/mol. The Hall–Kier alpha value is -2.03. The van der Waals surface area contributed by atoms with Crippen LogP contribution in [0.4, 0.5) is 15.8 Å². The number of hydrogen-bond donors (Lipinski definition) is 1. The average molecular weight is 244 g/mol. The van der Waals surface area contributed by atoms with Crippen molar-refractivity contribution in [2.75, 3.05) is 17.2 Å². The van der Waals surface area contributed by atoms with Gasteiger partial charge in [-0.15, -0.1) is 0 Å². The Bertz CT molecular complexity index is 525. The van der Waals surface area contributed by atoms with E-state index in [4.69, 9.17) is 5.73 Å². The van der Waals surface area contributed by atoms with Crippen LogP contribution in [0.2, 0.25) is 0 Å². The second-order valence-electron chi connectivity index (χ2n) is 4.16. The van der Waals surface area contributed by atoms with E-state index in [-0.39, 0.29) is 5.82 Å². The van der Waals surface area contributed by atoms with Gasteiger partial charge in [0.05, 0.1) is 5.69 Å². The van der Waals surface area contributed by atoms with Gasteiger partial charge in [0.25, 0.3) is 0 Å². The summed E-state index contributed by atoms with van der Waals surface area (Å²) in [7, 11) is 0. The second-order valence-corrected chi connectivity index (χ2v) is 4.16. The SMILES string of the molecule is CCN(Cc1ccccc1N)c1ccccc1F. The van der Waals surface area contributed by atoms with Crippen LogP contribution in [0.25, 0.3) is 0 Å². The van der Waals surface area contributed by atoms with Gasteiger partial charge in [-0.2, -0.15) is 0 Å². The number of halogens is 1. The summed E-state index contributed by atoms with van der Waals surface area (Å²) in [6.45, 7) is 3.35. The van der Waals surface area contributed by atoms with Crippen LogP contribution in [-0.4, -0.2) is 6.54 Å². The summed E-state index contributed by atoms with van der Waals surface area (Å²) in [5, 5.41) is 0. The molecule has 0 heterocycles. The molecule has 2 rings (SSSR count). The topological polar surface area (TPSA) is 29.3 Å². The van der Waals surface area contributed by atoms with Crippen LogP contribution in [0.15, 0.2) is 48.5 Å². The highest BCUT2D eigenvalue weighted by atomic mass is 19.1. The number of anilines is 2. The quantitative estimate of drug-likeness (QED) is 0.835. The predicted molar refractivity (Wildman–Crippen MR) is 74.0 cm³/mol. The van der Waals surface area contributed by atoms with Gasteiger partial charge in [0, 0.05) is 18.8 Å². The molecule has 0 bridgehead atoms. The van der Waals surface area contributed by atoms with Gasteiger partial charge in [0.15, 0.2) is 0 Å². The number of nitrogens with two attached hydrogens (primary N) is 1. The lowest BCUT2D eigenvalue weighted by atomic mass is 10.1. The molecule has 0 saturated carbocycles. The van der Waals surface area contributed by atoms with E-state index in [2.05, 4.69) is 0 Å². The van der Waals surface area contributed by atoms with E-state index in [0.717, 1.165) is 17.8 Å². The Kier molecular flexibility index (Phi) is 3.82. The van der Waals surface area contributed by atoms with Crippen LogP contribution in [0.1, 0.15) is 12.5 Å². The van der Waals surface area contributed by atoms with Crippen LogP contribution in [0.3, 0.4) is 0 Å². The monoisotopic (exact) mass is 244 g/mol. The Morgan fingerprint density at radius 2 is 1.72 bits per heavy atom. The van der Waals surface area contributed by atoms with Crippen molar-refractivity contribution < 1.29 is 4.39 Å². The van der Waals surface area contributed by atoms with Crippen molar-refractivity contribution in [1.29, 1.82) is 0 Å². The van der Waals surface area contributed by atoms with Crippen molar-refractivity contribution in [2.45, 2.75) is 13.5 Å². The maximum absolute atomic E-state index is 13.8. The van der Waals surface area contributed by atoms with Gasteiger partial charge in [-0.05, 0) is 30.7 Å². The summed E-state index contributed by atoms with van der Waals surface area (Å²) in [6, 6.07) is 14.5. The van der Waals surface area contributed by atoms with E-state index in [1.54, 1.807) is 12.1 Å². The van der Waals surface area contributed by atoms with Gasteiger partial charge in [-0.3, -0.25) is 0 Å². The molecule has 0 radical (unpaired) electrons. The van der Waals surface area contributed by atoms with Gasteiger partial charge in [-0.25, -0.2) is 4.39 Å². The standard InChI is InChI=1S/C15H17FN2/c1-2-18(15-10-6-4-8-13(15)16)11-12-7-3-5-9-14(12)17/h3-10H,2,11,17H2,1H3. The van der Waals surface area contributed by atoms with Crippen LogP contribution in [0, 0.1) is 5.82 Å². The number of rotatable bonds is 4. The van der Waals surface area contributed by atoms with E-state index < -0.39 is 0 Å². The van der Waals surface area contributed by atoms with E-state index >= 15 is 0 Å². The van der Waals surface area contributed by atoms with Gasteiger partial charge < -0.3 is 10.6 Å². The Labute approximate surface area is 107 Å². The van der Waals surface area contributed by atoms with Crippen molar-refractivity contribution in [1.82, 2.24) is 0 Å². The Balaban J connectivity index is 2.26. The third-order valence-electron chi connectivity index (χ3n) is 2.99. The number of hydrogen-bond acceptors (Lipinski definition) is 2. The molecule has 0 saturated heterocycles. The molecule has 3 heteroatoms. The molecule has 0 aliphatic rings. The molecule has 0 aliphatic heterocycles. The van der Waals surface area contributed by atoms with Gasteiger partial charge in [0.1, 0.15) is 5.82 Å². The second kappa shape index (κ2) is 5.54.